The zero-order chi connectivity index (χ0) is 10.8. The first-order chi connectivity index (χ1) is 7.27. The van der Waals surface area contributed by atoms with Gasteiger partial charge in [0, 0.05) is 10.9 Å². The summed E-state index contributed by atoms with van der Waals surface area (Å²) in [7, 11) is 1.74. The highest BCUT2D eigenvalue weighted by Crippen LogP contribution is 2.38. The number of hydrogen-bond acceptors (Lipinski definition) is 1. The Morgan fingerprint density at radius 2 is 2.07 bits per heavy atom. The smallest absolute Gasteiger partial charge is 0.137 e. The van der Waals surface area contributed by atoms with Crippen LogP contribution in [-0.2, 0) is 18.2 Å². The highest BCUT2D eigenvalue weighted by atomic mass is 79.9. The summed E-state index contributed by atoms with van der Waals surface area (Å²) in [5.74, 6) is 0.993. The number of benzene rings is 1. The van der Waals surface area contributed by atoms with Crippen molar-refractivity contribution >= 4 is 31.9 Å². The van der Waals surface area contributed by atoms with Gasteiger partial charge in [0.2, 0.25) is 0 Å². The molecule has 0 radical (unpaired) electrons. The third-order valence-corrected chi connectivity index (χ3v) is 4.15. The number of alkyl halides is 1. The van der Waals surface area contributed by atoms with Crippen LogP contribution < -0.4 is 4.74 Å². The zero-order valence-corrected chi connectivity index (χ0v) is 11.9. The standard InChI is InChI=1S/C12H14Br2O/c1-15-12-10(7-13)9-5-3-2-4-8(9)6-11(12)14/h6H,2-5,7H2,1H3. The molecule has 15 heavy (non-hydrogen) atoms. The number of aryl methyl sites for hydroxylation is 1. The van der Waals surface area contributed by atoms with Gasteiger partial charge in [0.05, 0.1) is 11.6 Å². The highest BCUT2D eigenvalue weighted by Gasteiger charge is 2.18. The topological polar surface area (TPSA) is 9.23 Å². The lowest BCUT2D eigenvalue weighted by Crippen LogP contribution is -2.07. The average Bonchev–Trinajstić information content (AvgIpc) is 2.27. The minimum absolute atomic E-state index is 0.873. The number of methoxy groups -OCH3 is 1. The van der Waals surface area contributed by atoms with E-state index in [0.717, 1.165) is 15.6 Å². The van der Waals surface area contributed by atoms with Crippen LogP contribution in [-0.4, -0.2) is 7.11 Å². The van der Waals surface area contributed by atoms with Crippen LogP contribution in [0, 0.1) is 0 Å². The van der Waals surface area contributed by atoms with Crippen LogP contribution in [0.5, 0.6) is 5.75 Å². The Hall–Kier alpha value is -0.0200. The molecule has 0 amide bonds. The number of fused-ring (bicyclic) bond motifs is 1. The number of halogens is 2. The van der Waals surface area contributed by atoms with Crippen molar-refractivity contribution in [3.63, 3.8) is 0 Å². The molecule has 1 aliphatic carbocycles. The second kappa shape index (κ2) is 4.88. The maximum Gasteiger partial charge on any atom is 0.137 e. The molecule has 82 valence electrons. The van der Waals surface area contributed by atoms with E-state index in [1.165, 1.54) is 42.4 Å². The predicted molar refractivity (Wildman–Crippen MR) is 70.0 cm³/mol. The van der Waals surface area contributed by atoms with Crippen LogP contribution in [0.4, 0.5) is 0 Å². The molecule has 2 rings (SSSR count). The van der Waals surface area contributed by atoms with Crippen molar-refractivity contribution in [2.24, 2.45) is 0 Å². The summed E-state index contributed by atoms with van der Waals surface area (Å²) < 4.78 is 6.54. The van der Waals surface area contributed by atoms with E-state index < -0.39 is 0 Å². The summed E-state index contributed by atoms with van der Waals surface area (Å²) in [4.78, 5) is 0. The molecule has 0 bridgehead atoms. The van der Waals surface area contributed by atoms with E-state index in [-0.39, 0.29) is 0 Å². The van der Waals surface area contributed by atoms with Gasteiger partial charge in [-0.25, -0.2) is 0 Å². The Balaban J connectivity index is 2.59. The van der Waals surface area contributed by atoms with E-state index in [2.05, 4.69) is 37.9 Å². The molecule has 0 fully saturated rings. The van der Waals surface area contributed by atoms with E-state index in [9.17, 15) is 0 Å². The van der Waals surface area contributed by atoms with Crippen LogP contribution in [0.15, 0.2) is 10.5 Å². The number of ether oxygens (including phenoxy) is 1. The first kappa shape index (κ1) is 11.5. The normalized spacial score (nSPS) is 14.9. The molecule has 0 atom stereocenters. The fraction of sp³-hybridized carbons (Fsp3) is 0.500. The molecule has 1 aromatic rings. The van der Waals surface area contributed by atoms with Gasteiger partial charge >= 0.3 is 0 Å². The van der Waals surface area contributed by atoms with Gasteiger partial charge in [-0.05, 0) is 58.8 Å². The van der Waals surface area contributed by atoms with Crippen molar-refractivity contribution in [1.82, 2.24) is 0 Å². The van der Waals surface area contributed by atoms with E-state index in [1.807, 2.05) is 0 Å². The summed E-state index contributed by atoms with van der Waals surface area (Å²) in [6.07, 6.45) is 5.02. The van der Waals surface area contributed by atoms with Crippen molar-refractivity contribution in [2.45, 2.75) is 31.0 Å². The Kier molecular flexibility index (Phi) is 3.73. The van der Waals surface area contributed by atoms with Gasteiger partial charge in [-0.2, -0.15) is 0 Å². The summed E-state index contributed by atoms with van der Waals surface area (Å²) in [6.45, 7) is 0. The van der Waals surface area contributed by atoms with Crippen molar-refractivity contribution in [2.75, 3.05) is 7.11 Å². The third-order valence-electron chi connectivity index (χ3n) is 3.00. The van der Waals surface area contributed by atoms with Crippen LogP contribution in [0.1, 0.15) is 29.5 Å². The molecule has 1 aliphatic rings. The molecule has 0 saturated carbocycles. The predicted octanol–water partition coefficient (Wildman–Crippen LogP) is 4.23. The fourth-order valence-electron chi connectivity index (χ4n) is 2.29. The van der Waals surface area contributed by atoms with E-state index in [1.54, 1.807) is 7.11 Å². The lowest BCUT2D eigenvalue weighted by atomic mass is 9.88. The quantitative estimate of drug-likeness (QED) is 0.736. The SMILES string of the molecule is COc1c(Br)cc2c(c1CBr)CCCC2. The second-order valence-electron chi connectivity index (χ2n) is 3.85. The average molecular weight is 334 g/mol. The van der Waals surface area contributed by atoms with Crippen molar-refractivity contribution in [3.05, 3.63) is 27.2 Å². The Bertz CT molecular complexity index is 374. The largest absolute Gasteiger partial charge is 0.495 e. The van der Waals surface area contributed by atoms with Gasteiger partial charge < -0.3 is 4.74 Å². The fourth-order valence-corrected chi connectivity index (χ4v) is 3.56. The van der Waals surface area contributed by atoms with Crippen LogP contribution in [0.3, 0.4) is 0 Å². The highest BCUT2D eigenvalue weighted by molar-refractivity contribution is 9.10. The zero-order valence-electron chi connectivity index (χ0n) is 8.78. The molecule has 0 heterocycles. The molecule has 1 nitrogen and oxygen atoms in total. The van der Waals surface area contributed by atoms with Gasteiger partial charge in [0.25, 0.3) is 0 Å². The number of rotatable bonds is 2. The molecule has 0 aromatic heterocycles. The molecule has 0 N–H and O–H groups in total. The lowest BCUT2D eigenvalue weighted by Gasteiger charge is -2.21. The Labute approximate surface area is 107 Å². The van der Waals surface area contributed by atoms with E-state index in [0.29, 0.717) is 0 Å². The van der Waals surface area contributed by atoms with Crippen molar-refractivity contribution < 1.29 is 4.74 Å². The summed E-state index contributed by atoms with van der Waals surface area (Å²) in [5, 5.41) is 0.873. The third kappa shape index (κ3) is 2.09. The molecule has 3 heteroatoms. The lowest BCUT2D eigenvalue weighted by molar-refractivity contribution is 0.407. The maximum absolute atomic E-state index is 5.46. The molecular weight excluding hydrogens is 320 g/mol. The molecule has 0 aliphatic heterocycles. The summed E-state index contributed by atoms with van der Waals surface area (Å²) in [6, 6.07) is 2.22. The Morgan fingerprint density at radius 1 is 1.33 bits per heavy atom. The van der Waals surface area contributed by atoms with E-state index >= 15 is 0 Å². The van der Waals surface area contributed by atoms with Gasteiger partial charge in [0.1, 0.15) is 5.75 Å². The van der Waals surface area contributed by atoms with Gasteiger partial charge in [-0.3, -0.25) is 0 Å². The molecule has 0 unspecified atom stereocenters. The van der Waals surface area contributed by atoms with Crippen LogP contribution in [0.25, 0.3) is 0 Å². The minimum Gasteiger partial charge on any atom is -0.495 e. The van der Waals surface area contributed by atoms with Crippen LogP contribution >= 0.6 is 31.9 Å². The first-order valence-corrected chi connectivity index (χ1v) is 7.12. The van der Waals surface area contributed by atoms with Gasteiger partial charge in [-0.15, -0.1) is 0 Å². The molecule has 0 saturated heterocycles. The van der Waals surface area contributed by atoms with Gasteiger partial charge in [0.15, 0.2) is 0 Å². The number of hydrogen-bond donors (Lipinski definition) is 0. The second-order valence-corrected chi connectivity index (χ2v) is 5.26. The van der Waals surface area contributed by atoms with Gasteiger partial charge in [-0.1, -0.05) is 15.9 Å². The monoisotopic (exact) mass is 332 g/mol. The van der Waals surface area contributed by atoms with Crippen LogP contribution in [0.2, 0.25) is 0 Å². The molecule has 1 aromatic carbocycles. The van der Waals surface area contributed by atoms with Crippen molar-refractivity contribution in [1.29, 1.82) is 0 Å². The molecule has 0 spiro atoms. The Morgan fingerprint density at radius 3 is 2.73 bits per heavy atom. The first-order valence-electron chi connectivity index (χ1n) is 5.21. The minimum atomic E-state index is 0.873. The maximum atomic E-state index is 5.46. The molecular formula is C12H14Br2O. The summed E-state index contributed by atoms with van der Waals surface area (Å²) >= 11 is 7.14. The van der Waals surface area contributed by atoms with Crippen molar-refractivity contribution in [3.8, 4) is 5.75 Å². The van der Waals surface area contributed by atoms with E-state index in [4.69, 9.17) is 4.74 Å². The summed E-state index contributed by atoms with van der Waals surface area (Å²) in [5.41, 5.74) is 4.31.